The Balaban J connectivity index is 2.61. The van der Waals surface area contributed by atoms with Crippen LogP contribution in [0.4, 0.5) is 22.0 Å². The fraction of sp³-hybridized carbons (Fsp3) is 0.154. The van der Waals surface area contributed by atoms with Crippen LogP contribution in [-0.4, -0.2) is 4.57 Å². The van der Waals surface area contributed by atoms with E-state index in [9.17, 15) is 26.7 Å². The van der Waals surface area contributed by atoms with E-state index in [0.717, 1.165) is 22.9 Å². The number of rotatable bonds is 2. The summed E-state index contributed by atoms with van der Waals surface area (Å²) >= 11 is 11.6. The van der Waals surface area contributed by atoms with E-state index in [1.807, 2.05) is 0 Å². The second-order valence-electron chi connectivity index (χ2n) is 4.26. The van der Waals surface area contributed by atoms with E-state index >= 15 is 0 Å². The molecular formula is C13H6Cl2F5NO. The number of halogens is 7. The first-order valence-corrected chi connectivity index (χ1v) is 6.44. The van der Waals surface area contributed by atoms with E-state index in [2.05, 4.69) is 0 Å². The molecule has 118 valence electrons. The molecule has 2 aromatic rings. The highest BCUT2D eigenvalue weighted by Crippen LogP contribution is 2.34. The molecule has 2 rings (SSSR count). The largest absolute Gasteiger partial charge is 0.416 e. The Morgan fingerprint density at radius 3 is 2.00 bits per heavy atom. The topological polar surface area (TPSA) is 22.0 Å². The van der Waals surface area contributed by atoms with Gasteiger partial charge in [-0.25, -0.2) is 8.78 Å². The van der Waals surface area contributed by atoms with Crippen LogP contribution in [-0.2, 0) is 6.18 Å². The van der Waals surface area contributed by atoms with Gasteiger partial charge in [0, 0.05) is 17.8 Å². The van der Waals surface area contributed by atoms with Crippen molar-refractivity contribution in [2.75, 3.05) is 0 Å². The van der Waals surface area contributed by atoms with Crippen molar-refractivity contribution in [3.63, 3.8) is 0 Å². The second kappa shape index (κ2) is 5.89. The quantitative estimate of drug-likeness (QED) is 0.685. The number of aromatic nitrogens is 1. The van der Waals surface area contributed by atoms with Gasteiger partial charge in [-0.3, -0.25) is 9.36 Å². The summed E-state index contributed by atoms with van der Waals surface area (Å²) < 4.78 is 63.5. The maximum absolute atomic E-state index is 12.6. The Hall–Kier alpha value is -1.60. The van der Waals surface area contributed by atoms with Gasteiger partial charge in [-0.1, -0.05) is 23.2 Å². The molecule has 0 aliphatic rings. The minimum Gasteiger partial charge on any atom is -0.281 e. The van der Waals surface area contributed by atoms with E-state index in [-0.39, 0.29) is 15.7 Å². The second-order valence-corrected chi connectivity index (χ2v) is 5.07. The highest BCUT2D eigenvalue weighted by molar-refractivity contribution is 6.37. The molecule has 1 heterocycles. The number of nitrogens with zero attached hydrogens (tertiary/aromatic N) is 1. The normalized spacial score (nSPS) is 12.0. The van der Waals surface area contributed by atoms with Crippen LogP contribution in [0.25, 0.3) is 5.69 Å². The van der Waals surface area contributed by atoms with Crippen LogP contribution < -0.4 is 5.56 Å². The smallest absolute Gasteiger partial charge is 0.281 e. The molecule has 0 fully saturated rings. The Kier molecular flexibility index (Phi) is 4.49. The van der Waals surface area contributed by atoms with E-state index < -0.39 is 29.3 Å². The van der Waals surface area contributed by atoms with Gasteiger partial charge in [-0.05, 0) is 18.2 Å². The molecule has 0 N–H and O–H groups in total. The first kappa shape index (κ1) is 16.8. The molecule has 2 nitrogen and oxygen atoms in total. The van der Waals surface area contributed by atoms with Crippen LogP contribution in [0.2, 0.25) is 10.0 Å². The minimum atomic E-state index is -4.68. The van der Waals surface area contributed by atoms with Gasteiger partial charge < -0.3 is 0 Å². The molecule has 0 amide bonds. The van der Waals surface area contributed by atoms with Crippen LogP contribution in [0, 0.1) is 0 Å². The van der Waals surface area contributed by atoms with Crippen molar-refractivity contribution in [3.05, 3.63) is 62.0 Å². The van der Waals surface area contributed by atoms with Crippen LogP contribution >= 0.6 is 23.2 Å². The van der Waals surface area contributed by atoms with E-state index in [4.69, 9.17) is 23.2 Å². The number of alkyl halides is 5. The summed E-state index contributed by atoms with van der Waals surface area (Å²) in [5, 5.41) is -0.547. The lowest BCUT2D eigenvalue weighted by Gasteiger charge is -2.13. The van der Waals surface area contributed by atoms with Gasteiger partial charge >= 0.3 is 6.18 Å². The lowest BCUT2D eigenvalue weighted by molar-refractivity contribution is -0.137. The lowest BCUT2D eigenvalue weighted by Crippen LogP contribution is -2.20. The highest BCUT2D eigenvalue weighted by atomic mass is 35.5. The van der Waals surface area contributed by atoms with Crippen LogP contribution in [0.5, 0.6) is 0 Å². The van der Waals surface area contributed by atoms with E-state index in [1.165, 1.54) is 0 Å². The molecule has 0 spiro atoms. The van der Waals surface area contributed by atoms with E-state index in [1.54, 1.807) is 0 Å². The molecule has 0 aliphatic carbocycles. The van der Waals surface area contributed by atoms with E-state index in [0.29, 0.717) is 12.1 Å². The van der Waals surface area contributed by atoms with Gasteiger partial charge in [0.2, 0.25) is 0 Å². The summed E-state index contributed by atoms with van der Waals surface area (Å²) in [6.07, 6.45) is -6.67. The number of hydrogen-bond acceptors (Lipinski definition) is 1. The maximum atomic E-state index is 12.6. The van der Waals surface area contributed by atoms with Gasteiger partial charge in [0.1, 0.15) is 0 Å². The zero-order valence-corrected chi connectivity index (χ0v) is 12.0. The number of pyridine rings is 1. The molecule has 1 aromatic carbocycles. The fourth-order valence-corrected chi connectivity index (χ4v) is 2.47. The van der Waals surface area contributed by atoms with Gasteiger partial charge in [-0.15, -0.1) is 0 Å². The Labute approximate surface area is 130 Å². The molecule has 0 radical (unpaired) electrons. The van der Waals surface area contributed by atoms with Crippen molar-refractivity contribution >= 4 is 23.2 Å². The van der Waals surface area contributed by atoms with Crippen molar-refractivity contribution in [2.45, 2.75) is 12.6 Å². The molecule has 0 unspecified atom stereocenters. The minimum absolute atomic E-state index is 0.161. The number of hydrogen-bond donors (Lipinski definition) is 0. The third-order valence-corrected chi connectivity index (χ3v) is 3.36. The molecule has 0 atom stereocenters. The van der Waals surface area contributed by atoms with Crippen molar-refractivity contribution < 1.29 is 22.0 Å². The zero-order valence-electron chi connectivity index (χ0n) is 10.5. The average Bonchev–Trinajstić information content (AvgIpc) is 2.38. The monoisotopic (exact) mass is 357 g/mol. The van der Waals surface area contributed by atoms with Gasteiger partial charge in [-0.2, -0.15) is 13.2 Å². The highest BCUT2D eigenvalue weighted by Gasteiger charge is 2.31. The maximum Gasteiger partial charge on any atom is 0.416 e. The van der Waals surface area contributed by atoms with Crippen molar-refractivity contribution in [1.29, 1.82) is 0 Å². The summed E-state index contributed by atoms with van der Waals surface area (Å²) in [7, 11) is 0. The summed E-state index contributed by atoms with van der Waals surface area (Å²) in [4.78, 5) is 11.8. The van der Waals surface area contributed by atoms with Crippen molar-refractivity contribution in [3.8, 4) is 5.69 Å². The Morgan fingerprint density at radius 2 is 1.59 bits per heavy atom. The molecule has 0 bridgehead atoms. The van der Waals surface area contributed by atoms with Crippen molar-refractivity contribution in [1.82, 2.24) is 4.57 Å². The Morgan fingerprint density at radius 1 is 1.05 bits per heavy atom. The SMILES string of the molecule is O=c1cc(C(F)(F)F)ccn1-c1c(Cl)cc(C(F)F)cc1Cl. The first-order chi connectivity index (χ1) is 10.1. The van der Waals surface area contributed by atoms with Crippen LogP contribution in [0.15, 0.2) is 35.3 Å². The van der Waals surface area contributed by atoms with Gasteiger partial charge in [0.15, 0.2) is 0 Å². The predicted molar refractivity (Wildman–Crippen MR) is 72.0 cm³/mol. The van der Waals surface area contributed by atoms with Crippen molar-refractivity contribution in [2.24, 2.45) is 0 Å². The predicted octanol–water partition coefficient (Wildman–Crippen LogP) is 5.10. The summed E-state index contributed by atoms with van der Waals surface area (Å²) in [5.41, 5.74) is -2.79. The van der Waals surface area contributed by atoms with Gasteiger partial charge in [0.25, 0.3) is 12.0 Å². The van der Waals surface area contributed by atoms with Crippen LogP contribution in [0.1, 0.15) is 17.6 Å². The third kappa shape index (κ3) is 3.25. The number of benzene rings is 1. The van der Waals surface area contributed by atoms with Crippen LogP contribution in [0.3, 0.4) is 0 Å². The molecule has 0 saturated carbocycles. The zero-order chi connectivity index (χ0) is 16.7. The summed E-state index contributed by atoms with van der Waals surface area (Å²) in [6.45, 7) is 0. The third-order valence-electron chi connectivity index (χ3n) is 2.78. The lowest BCUT2D eigenvalue weighted by atomic mass is 10.2. The molecule has 0 aliphatic heterocycles. The molecule has 9 heteroatoms. The molecule has 0 saturated heterocycles. The fourth-order valence-electron chi connectivity index (χ4n) is 1.78. The Bertz CT molecular complexity index is 747. The average molecular weight is 358 g/mol. The first-order valence-electron chi connectivity index (χ1n) is 5.68. The molecular weight excluding hydrogens is 352 g/mol. The molecule has 1 aromatic heterocycles. The summed E-state index contributed by atoms with van der Waals surface area (Å²) in [6, 6.07) is 2.83. The summed E-state index contributed by atoms with van der Waals surface area (Å²) in [5.74, 6) is 0. The van der Waals surface area contributed by atoms with Gasteiger partial charge in [0.05, 0.1) is 21.3 Å². The standard InChI is InChI=1S/C13H6Cl2F5NO/c14-8-3-6(12(16)17)4-9(15)11(8)21-2-1-7(5-10(21)22)13(18,19)20/h1-5,12H. The molecule has 22 heavy (non-hydrogen) atoms.